The first kappa shape index (κ1) is 14.9. The smallest absolute Gasteiger partial charge is 0.242 e. The fraction of sp³-hybridized carbons (Fsp3) is 0.500. The Morgan fingerprint density at radius 3 is 2.61 bits per heavy atom. The van der Waals surface area contributed by atoms with Gasteiger partial charge in [0.15, 0.2) is 0 Å². The average Bonchev–Trinajstić information content (AvgIpc) is 2.37. The van der Waals surface area contributed by atoms with Gasteiger partial charge in [0.25, 0.3) is 0 Å². The van der Waals surface area contributed by atoms with Crippen LogP contribution >= 0.6 is 0 Å². The van der Waals surface area contributed by atoms with Gasteiger partial charge in [-0.05, 0) is 26.0 Å². The molecule has 0 bridgehead atoms. The molecule has 0 aromatic heterocycles. The number of para-hydroxylation sites is 1. The van der Waals surface area contributed by atoms with Crippen LogP contribution in [0.25, 0.3) is 0 Å². The number of hydrogen-bond donors (Lipinski definition) is 2. The molecule has 0 heterocycles. The molecule has 0 spiro atoms. The van der Waals surface area contributed by atoms with Crippen molar-refractivity contribution in [1.29, 1.82) is 0 Å². The first-order chi connectivity index (χ1) is 8.51. The van der Waals surface area contributed by atoms with Crippen LogP contribution in [-0.2, 0) is 14.8 Å². The number of hydrogen-bond acceptors (Lipinski definition) is 4. The summed E-state index contributed by atoms with van der Waals surface area (Å²) in [4.78, 5) is 0.259. The highest BCUT2D eigenvalue weighted by molar-refractivity contribution is 7.89. The van der Waals surface area contributed by atoms with Gasteiger partial charge < -0.3 is 10.1 Å². The van der Waals surface area contributed by atoms with Crippen LogP contribution in [0.3, 0.4) is 0 Å². The van der Waals surface area contributed by atoms with Gasteiger partial charge in [0, 0.05) is 20.2 Å². The molecule has 1 unspecified atom stereocenters. The Bertz CT molecular complexity index is 474. The van der Waals surface area contributed by atoms with E-state index >= 15 is 0 Å². The average molecular weight is 272 g/mol. The van der Waals surface area contributed by atoms with E-state index in [-0.39, 0.29) is 17.5 Å². The van der Waals surface area contributed by atoms with Crippen LogP contribution in [0.15, 0.2) is 29.2 Å². The number of sulfonamides is 1. The van der Waals surface area contributed by atoms with Gasteiger partial charge in [0.05, 0.1) is 11.8 Å². The maximum Gasteiger partial charge on any atom is 0.242 e. The van der Waals surface area contributed by atoms with Gasteiger partial charge >= 0.3 is 0 Å². The number of benzene rings is 1. The molecule has 5 nitrogen and oxygen atoms in total. The van der Waals surface area contributed by atoms with E-state index in [4.69, 9.17) is 4.74 Å². The second-order valence-electron chi connectivity index (χ2n) is 3.92. The molecule has 0 radical (unpaired) electrons. The third-order valence-electron chi connectivity index (χ3n) is 2.51. The molecule has 6 heteroatoms. The highest BCUT2D eigenvalue weighted by atomic mass is 32.2. The van der Waals surface area contributed by atoms with E-state index in [2.05, 4.69) is 10.0 Å². The molecule has 2 N–H and O–H groups in total. The van der Waals surface area contributed by atoms with Crippen LogP contribution in [0, 0.1) is 0 Å². The molecule has 0 saturated heterocycles. The standard InChI is InChI=1S/C12H20N2O3S/c1-4-13-11-7-5-6-8-12(11)18(15,16)14-9-10(2)17-3/h5-8,10,13-14H,4,9H2,1-3H3. The van der Waals surface area contributed by atoms with Gasteiger partial charge in [-0.3, -0.25) is 0 Å². The first-order valence-corrected chi connectivity index (χ1v) is 7.35. The molecule has 0 aliphatic heterocycles. The van der Waals surface area contributed by atoms with Crippen molar-refractivity contribution < 1.29 is 13.2 Å². The highest BCUT2D eigenvalue weighted by Crippen LogP contribution is 2.20. The molecule has 0 aliphatic rings. The second-order valence-corrected chi connectivity index (χ2v) is 5.66. The molecule has 1 aromatic rings. The van der Waals surface area contributed by atoms with Crippen LogP contribution in [0.1, 0.15) is 13.8 Å². The molecular weight excluding hydrogens is 252 g/mol. The van der Waals surface area contributed by atoms with Crippen LogP contribution in [0.4, 0.5) is 5.69 Å². The minimum absolute atomic E-state index is 0.161. The topological polar surface area (TPSA) is 67.4 Å². The highest BCUT2D eigenvalue weighted by Gasteiger charge is 2.18. The summed E-state index contributed by atoms with van der Waals surface area (Å²) in [6.45, 7) is 4.64. The number of rotatable bonds is 7. The van der Waals surface area contributed by atoms with Crippen LogP contribution in [0.2, 0.25) is 0 Å². The molecule has 0 aliphatic carbocycles. The summed E-state index contributed by atoms with van der Waals surface area (Å²) < 4.78 is 31.8. The molecule has 0 fully saturated rings. The van der Waals surface area contributed by atoms with Gasteiger partial charge in [0.2, 0.25) is 10.0 Å². The molecule has 102 valence electrons. The van der Waals surface area contributed by atoms with Crippen molar-refractivity contribution in [3.05, 3.63) is 24.3 Å². The van der Waals surface area contributed by atoms with E-state index in [1.54, 1.807) is 38.3 Å². The largest absolute Gasteiger partial charge is 0.384 e. The van der Waals surface area contributed by atoms with E-state index in [1.165, 1.54) is 0 Å². The molecule has 1 atom stereocenters. The summed E-state index contributed by atoms with van der Waals surface area (Å²) in [7, 11) is -1.96. The predicted octanol–water partition coefficient (Wildman–Crippen LogP) is 1.43. The molecular formula is C12H20N2O3S. The Morgan fingerprint density at radius 1 is 1.33 bits per heavy atom. The van der Waals surface area contributed by atoms with E-state index in [0.29, 0.717) is 12.2 Å². The minimum atomic E-state index is -3.51. The zero-order chi connectivity index (χ0) is 13.6. The van der Waals surface area contributed by atoms with Crippen molar-refractivity contribution in [2.45, 2.75) is 24.8 Å². The van der Waals surface area contributed by atoms with E-state index in [9.17, 15) is 8.42 Å². The van der Waals surface area contributed by atoms with Crippen LogP contribution < -0.4 is 10.0 Å². The maximum atomic E-state index is 12.1. The van der Waals surface area contributed by atoms with E-state index in [1.807, 2.05) is 6.92 Å². The maximum absolute atomic E-state index is 12.1. The Hall–Kier alpha value is -1.11. The SMILES string of the molecule is CCNc1ccccc1S(=O)(=O)NCC(C)OC. The van der Waals surface area contributed by atoms with Gasteiger partial charge in [-0.15, -0.1) is 0 Å². The lowest BCUT2D eigenvalue weighted by atomic mass is 10.3. The summed E-state index contributed by atoms with van der Waals surface area (Å²) in [5.41, 5.74) is 0.609. The Balaban J connectivity index is 2.90. The summed E-state index contributed by atoms with van der Waals surface area (Å²) in [6.07, 6.45) is -0.161. The van der Waals surface area contributed by atoms with Gasteiger partial charge in [-0.1, -0.05) is 12.1 Å². The number of anilines is 1. The zero-order valence-corrected chi connectivity index (χ0v) is 11.8. The fourth-order valence-corrected chi connectivity index (χ4v) is 2.72. The third-order valence-corrected chi connectivity index (χ3v) is 3.99. The second kappa shape index (κ2) is 6.72. The monoisotopic (exact) mass is 272 g/mol. The van der Waals surface area contributed by atoms with Crippen molar-refractivity contribution in [3.63, 3.8) is 0 Å². The lowest BCUT2D eigenvalue weighted by Crippen LogP contribution is -2.32. The van der Waals surface area contributed by atoms with Crippen LogP contribution in [-0.4, -0.2) is 34.7 Å². The third kappa shape index (κ3) is 3.97. The van der Waals surface area contributed by atoms with Crippen molar-refractivity contribution in [2.75, 3.05) is 25.5 Å². The van der Waals surface area contributed by atoms with E-state index < -0.39 is 10.0 Å². The molecule has 0 amide bonds. The summed E-state index contributed by atoms with van der Waals surface area (Å²) in [6, 6.07) is 6.83. The summed E-state index contributed by atoms with van der Waals surface area (Å²) in [5, 5.41) is 3.03. The Morgan fingerprint density at radius 2 is 2.00 bits per heavy atom. The zero-order valence-electron chi connectivity index (χ0n) is 10.9. The van der Waals surface area contributed by atoms with Crippen molar-refractivity contribution >= 4 is 15.7 Å². The summed E-state index contributed by atoms with van der Waals surface area (Å²) >= 11 is 0. The molecule has 1 rings (SSSR count). The lowest BCUT2D eigenvalue weighted by molar-refractivity contribution is 0.122. The Kier molecular flexibility index (Phi) is 5.58. The van der Waals surface area contributed by atoms with Gasteiger partial charge in [0.1, 0.15) is 4.90 Å². The number of nitrogens with one attached hydrogen (secondary N) is 2. The Labute approximate surface area is 109 Å². The number of ether oxygens (including phenoxy) is 1. The molecule has 0 saturated carbocycles. The van der Waals surface area contributed by atoms with Crippen LogP contribution in [0.5, 0.6) is 0 Å². The van der Waals surface area contributed by atoms with Gasteiger partial charge in [-0.2, -0.15) is 0 Å². The predicted molar refractivity (Wildman–Crippen MR) is 72.3 cm³/mol. The first-order valence-electron chi connectivity index (χ1n) is 5.86. The molecule has 18 heavy (non-hydrogen) atoms. The van der Waals surface area contributed by atoms with Crippen molar-refractivity contribution in [3.8, 4) is 0 Å². The lowest BCUT2D eigenvalue weighted by Gasteiger charge is -2.14. The van der Waals surface area contributed by atoms with Crippen molar-refractivity contribution in [1.82, 2.24) is 4.72 Å². The minimum Gasteiger partial charge on any atom is -0.384 e. The van der Waals surface area contributed by atoms with E-state index in [0.717, 1.165) is 0 Å². The van der Waals surface area contributed by atoms with Crippen molar-refractivity contribution in [2.24, 2.45) is 0 Å². The fourth-order valence-electron chi connectivity index (χ4n) is 1.43. The normalized spacial score (nSPS) is 13.3. The quantitative estimate of drug-likeness (QED) is 0.788. The summed E-state index contributed by atoms with van der Waals surface area (Å²) in [5.74, 6) is 0. The van der Waals surface area contributed by atoms with Gasteiger partial charge in [-0.25, -0.2) is 13.1 Å². The number of methoxy groups -OCH3 is 1. The molecule has 1 aromatic carbocycles.